The Labute approximate surface area is 157 Å². The van der Waals surface area contributed by atoms with Gasteiger partial charge in [0, 0.05) is 12.4 Å². The van der Waals surface area contributed by atoms with Gasteiger partial charge in [0.2, 0.25) is 5.91 Å². The number of hydrogen-bond donors (Lipinski definition) is 1. The number of carbonyl (C=O) groups is 1. The van der Waals surface area contributed by atoms with Crippen molar-refractivity contribution in [3.05, 3.63) is 69.6 Å². The maximum absolute atomic E-state index is 12.3. The predicted molar refractivity (Wildman–Crippen MR) is 105 cm³/mol. The highest BCUT2D eigenvalue weighted by molar-refractivity contribution is 5.88. The summed E-state index contributed by atoms with van der Waals surface area (Å²) in [4.78, 5) is 24.4. The highest BCUT2D eigenvalue weighted by Crippen LogP contribution is 2.16. The molecule has 0 bridgehead atoms. The first-order chi connectivity index (χ1) is 12.9. The topological polar surface area (TPSA) is 73.2 Å². The summed E-state index contributed by atoms with van der Waals surface area (Å²) in [6.07, 6.45) is 0.109. The van der Waals surface area contributed by atoms with Crippen LogP contribution in [0.1, 0.15) is 16.8 Å². The maximum Gasteiger partial charge on any atom is 0.274 e. The molecular weight excluding hydrogens is 342 g/mol. The third kappa shape index (κ3) is 4.53. The molecule has 0 radical (unpaired) electrons. The van der Waals surface area contributed by atoms with E-state index in [-0.39, 0.29) is 17.9 Å². The van der Waals surface area contributed by atoms with Crippen molar-refractivity contribution in [3.8, 4) is 5.75 Å². The Balaban J connectivity index is 1.59. The Morgan fingerprint density at radius 1 is 1.11 bits per heavy atom. The fourth-order valence-electron chi connectivity index (χ4n) is 3.10. The first kappa shape index (κ1) is 18.6. The molecule has 0 spiro atoms. The minimum absolute atomic E-state index is 0.109. The number of hydrogen-bond acceptors (Lipinski definition) is 4. The number of aromatic nitrogens is 2. The number of rotatable bonds is 6. The molecule has 3 rings (SSSR count). The van der Waals surface area contributed by atoms with Gasteiger partial charge in [0.25, 0.3) is 5.56 Å². The third-order valence-electron chi connectivity index (χ3n) is 4.25. The van der Waals surface area contributed by atoms with Crippen molar-refractivity contribution in [2.24, 2.45) is 7.05 Å². The van der Waals surface area contributed by atoms with Crippen LogP contribution in [0.2, 0.25) is 0 Å². The first-order valence-corrected chi connectivity index (χ1v) is 8.87. The highest BCUT2D eigenvalue weighted by atomic mass is 16.5. The fraction of sp³-hybridized carbons (Fsp3) is 0.286. The van der Waals surface area contributed by atoms with Crippen LogP contribution in [0.25, 0.3) is 10.8 Å². The maximum atomic E-state index is 12.3. The van der Waals surface area contributed by atoms with Crippen molar-refractivity contribution in [2.45, 2.75) is 20.3 Å². The lowest BCUT2D eigenvalue weighted by atomic mass is 10.1. The van der Waals surface area contributed by atoms with Crippen molar-refractivity contribution >= 4 is 16.7 Å². The van der Waals surface area contributed by atoms with E-state index in [1.807, 2.05) is 38.1 Å². The van der Waals surface area contributed by atoms with E-state index in [9.17, 15) is 9.59 Å². The lowest BCUT2D eigenvalue weighted by molar-refractivity contribution is -0.120. The van der Waals surface area contributed by atoms with Gasteiger partial charge in [-0.15, -0.1) is 0 Å². The highest BCUT2D eigenvalue weighted by Gasteiger charge is 2.12. The van der Waals surface area contributed by atoms with Crippen molar-refractivity contribution < 1.29 is 9.53 Å². The van der Waals surface area contributed by atoms with Gasteiger partial charge in [-0.2, -0.15) is 5.10 Å². The summed E-state index contributed by atoms with van der Waals surface area (Å²) in [6, 6.07) is 13.2. The molecule has 0 aliphatic rings. The second-order valence-electron chi connectivity index (χ2n) is 6.62. The number of nitrogens with one attached hydrogen (secondary N) is 1. The van der Waals surface area contributed by atoms with Crippen LogP contribution in [0.3, 0.4) is 0 Å². The molecule has 27 heavy (non-hydrogen) atoms. The number of fused-ring (bicyclic) bond motifs is 1. The van der Waals surface area contributed by atoms with Gasteiger partial charge in [0.05, 0.1) is 24.0 Å². The van der Waals surface area contributed by atoms with Crippen LogP contribution >= 0.6 is 0 Å². The van der Waals surface area contributed by atoms with Crippen LogP contribution in [0.4, 0.5) is 0 Å². The minimum Gasteiger partial charge on any atom is -0.492 e. The van der Waals surface area contributed by atoms with Gasteiger partial charge >= 0.3 is 0 Å². The average Bonchev–Trinajstić information content (AvgIpc) is 2.62. The molecule has 3 aromatic rings. The van der Waals surface area contributed by atoms with Gasteiger partial charge in [0.1, 0.15) is 12.4 Å². The molecule has 1 amide bonds. The summed E-state index contributed by atoms with van der Waals surface area (Å²) in [5.74, 6) is 0.641. The summed E-state index contributed by atoms with van der Waals surface area (Å²) in [5.41, 5.74) is 2.69. The van der Waals surface area contributed by atoms with Crippen LogP contribution in [0.5, 0.6) is 5.75 Å². The van der Waals surface area contributed by atoms with Crippen molar-refractivity contribution in [1.29, 1.82) is 0 Å². The normalized spacial score (nSPS) is 10.8. The van der Waals surface area contributed by atoms with E-state index in [1.165, 1.54) is 4.68 Å². The summed E-state index contributed by atoms with van der Waals surface area (Å²) in [5, 5.41) is 8.36. The molecule has 0 saturated carbocycles. The first-order valence-electron chi connectivity index (χ1n) is 8.87. The second-order valence-corrected chi connectivity index (χ2v) is 6.62. The lowest BCUT2D eigenvalue weighted by Crippen LogP contribution is -2.31. The minimum atomic E-state index is -0.170. The van der Waals surface area contributed by atoms with Crippen LogP contribution in [-0.2, 0) is 18.3 Å². The van der Waals surface area contributed by atoms with E-state index in [4.69, 9.17) is 4.74 Å². The molecular formula is C21H23N3O3. The third-order valence-corrected chi connectivity index (χ3v) is 4.25. The van der Waals surface area contributed by atoms with Gasteiger partial charge < -0.3 is 10.1 Å². The molecule has 0 aliphatic carbocycles. The molecule has 6 nitrogen and oxygen atoms in total. The van der Waals surface area contributed by atoms with Crippen molar-refractivity contribution in [2.75, 3.05) is 13.2 Å². The van der Waals surface area contributed by atoms with Gasteiger partial charge in [-0.25, -0.2) is 4.68 Å². The molecule has 0 saturated heterocycles. The van der Waals surface area contributed by atoms with E-state index >= 15 is 0 Å². The average molecular weight is 365 g/mol. The number of benzene rings is 2. The summed E-state index contributed by atoms with van der Waals surface area (Å²) in [7, 11) is 1.59. The quantitative estimate of drug-likeness (QED) is 0.680. The van der Waals surface area contributed by atoms with Crippen LogP contribution < -0.4 is 15.6 Å². The number of aryl methyl sites for hydroxylation is 3. The SMILES string of the molecule is Cc1cc(C)cc(OCCNC(=O)Cc2nn(C)c(=O)c3ccccc23)c1. The Hall–Kier alpha value is -3.15. The van der Waals surface area contributed by atoms with Gasteiger partial charge in [-0.05, 0) is 43.2 Å². The zero-order valence-corrected chi connectivity index (χ0v) is 15.8. The Kier molecular flexibility index (Phi) is 5.54. The van der Waals surface area contributed by atoms with Crippen LogP contribution in [-0.4, -0.2) is 28.8 Å². The van der Waals surface area contributed by atoms with E-state index in [0.717, 1.165) is 16.9 Å². The summed E-state index contributed by atoms with van der Waals surface area (Å²) < 4.78 is 6.97. The monoisotopic (exact) mass is 365 g/mol. The van der Waals surface area contributed by atoms with Crippen LogP contribution in [0, 0.1) is 13.8 Å². The molecule has 6 heteroatoms. The molecule has 0 unspecified atom stereocenters. The summed E-state index contributed by atoms with van der Waals surface area (Å²) >= 11 is 0. The molecule has 0 aliphatic heterocycles. The summed E-state index contributed by atoms with van der Waals surface area (Å²) in [6.45, 7) is 4.82. The van der Waals surface area contributed by atoms with E-state index in [0.29, 0.717) is 29.6 Å². The van der Waals surface area contributed by atoms with Crippen molar-refractivity contribution in [3.63, 3.8) is 0 Å². The van der Waals surface area contributed by atoms with E-state index in [2.05, 4.69) is 16.5 Å². The van der Waals surface area contributed by atoms with E-state index < -0.39 is 0 Å². The predicted octanol–water partition coefficient (Wildman–Crippen LogP) is 2.29. The largest absolute Gasteiger partial charge is 0.492 e. The molecule has 1 aromatic heterocycles. The second kappa shape index (κ2) is 8.03. The fourth-order valence-corrected chi connectivity index (χ4v) is 3.10. The lowest BCUT2D eigenvalue weighted by Gasteiger charge is -2.10. The Morgan fingerprint density at radius 3 is 2.48 bits per heavy atom. The number of carbonyl (C=O) groups excluding carboxylic acids is 1. The molecule has 1 N–H and O–H groups in total. The van der Waals surface area contributed by atoms with Gasteiger partial charge in [-0.3, -0.25) is 9.59 Å². The molecule has 140 valence electrons. The molecule has 0 atom stereocenters. The number of ether oxygens (including phenoxy) is 1. The Morgan fingerprint density at radius 2 is 1.78 bits per heavy atom. The zero-order chi connectivity index (χ0) is 19.4. The standard InChI is InChI=1S/C21H23N3O3/c1-14-10-15(2)12-16(11-14)27-9-8-22-20(25)13-19-17-6-4-5-7-18(17)21(26)24(3)23-19/h4-7,10-12H,8-9,13H2,1-3H3,(H,22,25). The zero-order valence-electron chi connectivity index (χ0n) is 15.8. The van der Waals surface area contributed by atoms with Crippen molar-refractivity contribution in [1.82, 2.24) is 15.1 Å². The van der Waals surface area contributed by atoms with E-state index in [1.54, 1.807) is 19.2 Å². The molecule has 2 aromatic carbocycles. The number of amides is 1. The Bertz CT molecular complexity index is 1020. The van der Waals surface area contributed by atoms with Crippen LogP contribution in [0.15, 0.2) is 47.3 Å². The molecule has 1 heterocycles. The molecule has 0 fully saturated rings. The van der Waals surface area contributed by atoms with Gasteiger partial charge in [0.15, 0.2) is 0 Å². The number of nitrogens with zero attached hydrogens (tertiary/aromatic N) is 2. The van der Waals surface area contributed by atoms with Gasteiger partial charge in [-0.1, -0.05) is 24.3 Å². The smallest absolute Gasteiger partial charge is 0.274 e.